The maximum Gasteiger partial charge on any atom is 0.246 e. The number of fused-ring (bicyclic) bond motifs is 1. The highest BCUT2D eigenvalue weighted by Gasteiger charge is 2.39. The number of nitrogens with zero attached hydrogens (tertiary/aromatic N) is 2. The predicted molar refractivity (Wildman–Crippen MR) is 85.3 cm³/mol. The summed E-state index contributed by atoms with van der Waals surface area (Å²) in [5.41, 5.74) is 1.03. The molecule has 0 aliphatic carbocycles. The zero-order valence-corrected chi connectivity index (χ0v) is 14.0. The first-order valence-corrected chi connectivity index (χ1v) is 8.25. The molecule has 5 heteroatoms. The average molecular weight is 308 g/mol. The maximum absolute atomic E-state index is 12.2. The summed E-state index contributed by atoms with van der Waals surface area (Å²) in [6.45, 7) is 6.88. The van der Waals surface area contributed by atoms with Crippen molar-refractivity contribution in [3.8, 4) is 0 Å². The zero-order chi connectivity index (χ0) is 16.1. The Hall–Kier alpha value is -1.36. The minimum absolute atomic E-state index is 0.112. The van der Waals surface area contributed by atoms with Gasteiger partial charge in [-0.25, -0.2) is 0 Å². The van der Waals surface area contributed by atoms with Crippen LogP contribution in [-0.2, 0) is 14.3 Å². The van der Waals surface area contributed by atoms with Gasteiger partial charge in [0, 0.05) is 51.9 Å². The summed E-state index contributed by atoms with van der Waals surface area (Å²) in [5.74, 6) is 0.797. The van der Waals surface area contributed by atoms with Crippen LogP contribution in [0, 0.1) is 5.92 Å². The fraction of sp³-hybridized carbons (Fsp3) is 0.765. The third-order valence-corrected chi connectivity index (χ3v) is 4.61. The third kappa shape index (κ3) is 4.09. The molecule has 2 heterocycles. The first kappa shape index (κ1) is 17.0. The molecule has 0 unspecified atom stereocenters. The fourth-order valence-electron chi connectivity index (χ4n) is 3.56. The Bertz CT molecular complexity index is 443. The summed E-state index contributed by atoms with van der Waals surface area (Å²) in [4.78, 5) is 28.4. The molecule has 22 heavy (non-hydrogen) atoms. The van der Waals surface area contributed by atoms with Crippen molar-refractivity contribution in [2.75, 3.05) is 33.4 Å². The van der Waals surface area contributed by atoms with Crippen LogP contribution in [0.3, 0.4) is 0 Å². The molecule has 0 aromatic heterocycles. The highest BCUT2D eigenvalue weighted by molar-refractivity contribution is 5.88. The van der Waals surface area contributed by atoms with E-state index in [9.17, 15) is 9.59 Å². The normalized spacial score (nSPS) is 25.0. The Kier molecular flexibility index (Phi) is 6.00. The first-order chi connectivity index (χ1) is 10.5. The Morgan fingerprint density at radius 2 is 2.14 bits per heavy atom. The Morgan fingerprint density at radius 3 is 2.82 bits per heavy atom. The molecule has 0 N–H and O–H groups in total. The van der Waals surface area contributed by atoms with E-state index >= 15 is 0 Å². The molecule has 2 aliphatic heterocycles. The summed E-state index contributed by atoms with van der Waals surface area (Å²) in [5, 5.41) is 0. The highest BCUT2D eigenvalue weighted by atomic mass is 16.5. The van der Waals surface area contributed by atoms with E-state index in [4.69, 9.17) is 4.74 Å². The van der Waals surface area contributed by atoms with Crippen LogP contribution in [0.1, 0.15) is 39.5 Å². The summed E-state index contributed by atoms with van der Waals surface area (Å²) >= 11 is 0. The smallest absolute Gasteiger partial charge is 0.246 e. The number of amides is 2. The van der Waals surface area contributed by atoms with Gasteiger partial charge in [0.2, 0.25) is 11.8 Å². The molecule has 0 aromatic rings. The molecule has 2 fully saturated rings. The van der Waals surface area contributed by atoms with E-state index in [1.54, 1.807) is 13.2 Å². The minimum atomic E-state index is 0.112. The fourth-order valence-corrected chi connectivity index (χ4v) is 3.56. The van der Waals surface area contributed by atoms with E-state index in [2.05, 4.69) is 0 Å². The van der Waals surface area contributed by atoms with Crippen molar-refractivity contribution in [1.82, 2.24) is 9.80 Å². The van der Waals surface area contributed by atoms with E-state index in [1.165, 1.54) is 0 Å². The summed E-state index contributed by atoms with van der Waals surface area (Å²) < 4.78 is 5.09. The number of likely N-dealkylation sites (tertiary alicyclic amines) is 2. The second-order valence-corrected chi connectivity index (χ2v) is 6.59. The molecule has 0 aromatic carbocycles. The summed E-state index contributed by atoms with van der Waals surface area (Å²) in [7, 11) is 1.69. The SMILES string of the molecule is COCCCN1C(=O)CC[C@H]2CN(C(=O)C=C(C)C)CC[C@H]21. The average Bonchev–Trinajstić information content (AvgIpc) is 2.48. The molecule has 0 saturated carbocycles. The van der Waals surface area contributed by atoms with Crippen molar-refractivity contribution in [3.63, 3.8) is 0 Å². The quantitative estimate of drug-likeness (QED) is 0.575. The number of methoxy groups -OCH3 is 1. The first-order valence-electron chi connectivity index (χ1n) is 8.25. The number of hydrogen-bond donors (Lipinski definition) is 0. The van der Waals surface area contributed by atoms with E-state index < -0.39 is 0 Å². The second kappa shape index (κ2) is 7.77. The molecule has 2 rings (SSSR count). The monoisotopic (exact) mass is 308 g/mol. The molecule has 0 spiro atoms. The van der Waals surface area contributed by atoms with Gasteiger partial charge in [-0.3, -0.25) is 9.59 Å². The molecule has 0 bridgehead atoms. The van der Waals surface area contributed by atoms with Gasteiger partial charge in [-0.15, -0.1) is 0 Å². The van der Waals surface area contributed by atoms with Crippen molar-refractivity contribution in [2.24, 2.45) is 5.92 Å². The van der Waals surface area contributed by atoms with E-state index in [-0.39, 0.29) is 11.8 Å². The molecule has 5 nitrogen and oxygen atoms in total. The predicted octanol–water partition coefficient (Wildman–Crippen LogP) is 1.83. The van der Waals surface area contributed by atoms with Gasteiger partial charge in [0.25, 0.3) is 0 Å². The highest BCUT2D eigenvalue weighted by Crippen LogP contribution is 2.31. The van der Waals surface area contributed by atoms with Crippen LogP contribution in [0.4, 0.5) is 0 Å². The van der Waals surface area contributed by atoms with Crippen LogP contribution in [0.2, 0.25) is 0 Å². The lowest BCUT2D eigenvalue weighted by atomic mass is 9.83. The number of carbonyl (C=O) groups is 2. The van der Waals surface area contributed by atoms with Gasteiger partial charge in [0.15, 0.2) is 0 Å². The Labute approximate surface area is 133 Å². The van der Waals surface area contributed by atoms with Crippen LogP contribution < -0.4 is 0 Å². The van der Waals surface area contributed by atoms with Gasteiger partial charge in [0.1, 0.15) is 0 Å². The number of rotatable bonds is 5. The Balaban J connectivity index is 1.97. The number of hydrogen-bond acceptors (Lipinski definition) is 3. The Morgan fingerprint density at radius 1 is 1.36 bits per heavy atom. The van der Waals surface area contributed by atoms with Crippen LogP contribution in [-0.4, -0.2) is 61.0 Å². The standard InChI is InChI=1S/C17H28N2O3/c1-13(2)11-17(21)18-9-7-15-14(12-18)5-6-16(20)19(15)8-4-10-22-3/h11,14-15H,4-10,12H2,1-3H3/t14-,15+/m0/s1. The van der Waals surface area contributed by atoms with Gasteiger partial charge in [-0.2, -0.15) is 0 Å². The number of carbonyl (C=O) groups excluding carboxylic acids is 2. The number of allylic oxidation sites excluding steroid dienone is 1. The lowest BCUT2D eigenvalue weighted by molar-refractivity contribution is -0.143. The van der Waals surface area contributed by atoms with Crippen molar-refractivity contribution in [1.29, 1.82) is 0 Å². The largest absolute Gasteiger partial charge is 0.385 e. The minimum Gasteiger partial charge on any atom is -0.385 e. The molecule has 2 amide bonds. The van der Waals surface area contributed by atoms with E-state index in [0.717, 1.165) is 44.5 Å². The number of piperidine rings is 2. The molecule has 2 aliphatic rings. The van der Waals surface area contributed by atoms with Gasteiger partial charge in [-0.1, -0.05) is 5.57 Å². The molecular weight excluding hydrogens is 280 g/mol. The van der Waals surface area contributed by atoms with Gasteiger partial charge in [0.05, 0.1) is 0 Å². The van der Waals surface area contributed by atoms with Gasteiger partial charge < -0.3 is 14.5 Å². The summed E-state index contributed by atoms with van der Waals surface area (Å²) in [6, 6.07) is 0.300. The zero-order valence-electron chi connectivity index (χ0n) is 14.0. The molecule has 124 valence electrons. The van der Waals surface area contributed by atoms with Crippen molar-refractivity contribution >= 4 is 11.8 Å². The van der Waals surface area contributed by atoms with E-state index in [0.29, 0.717) is 25.0 Å². The van der Waals surface area contributed by atoms with Crippen molar-refractivity contribution in [3.05, 3.63) is 11.6 Å². The van der Waals surface area contributed by atoms with Crippen LogP contribution in [0.15, 0.2) is 11.6 Å². The molecule has 2 atom stereocenters. The third-order valence-electron chi connectivity index (χ3n) is 4.61. The van der Waals surface area contributed by atoms with Crippen LogP contribution >= 0.6 is 0 Å². The second-order valence-electron chi connectivity index (χ2n) is 6.59. The molecular formula is C17H28N2O3. The van der Waals surface area contributed by atoms with E-state index in [1.807, 2.05) is 23.6 Å². The maximum atomic E-state index is 12.2. The lowest BCUT2D eigenvalue weighted by Crippen LogP contribution is -2.57. The molecule has 0 radical (unpaired) electrons. The van der Waals surface area contributed by atoms with Crippen LogP contribution in [0.5, 0.6) is 0 Å². The van der Waals surface area contributed by atoms with Gasteiger partial charge >= 0.3 is 0 Å². The van der Waals surface area contributed by atoms with Crippen LogP contribution in [0.25, 0.3) is 0 Å². The van der Waals surface area contributed by atoms with Crippen molar-refractivity contribution < 1.29 is 14.3 Å². The number of ether oxygens (including phenoxy) is 1. The lowest BCUT2D eigenvalue weighted by Gasteiger charge is -2.47. The van der Waals surface area contributed by atoms with Crippen molar-refractivity contribution in [2.45, 2.75) is 45.6 Å². The molecule has 2 saturated heterocycles. The summed E-state index contributed by atoms with van der Waals surface area (Å²) in [6.07, 6.45) is 5.00. The topological polar surface area (TPSA) is 49.9 Å². The van der Waals surface area contributed by atoms with Gasteiger partial charge in [-0.05, 0) is 39.0 Å².